The average molecular weight is 656 g/mol. The number of anilines is 3. The third-order valence-electron chi connectivity index (χ3n) is 9.98. The van der Waals surface area contributed by atoms with Crippen LogP contribution in [0.25, 0.3) is 0 Å². The largest absolute Gasteiger partial charge is 0.482 e. The van der Waals surface area contributed by atoms with E-state index in [1.165, 1.54) is 0 Å². The molecule has 3 aromatic carbocycles. The van der Waals surface area contributed by atoms with Crippen molar-refractivity contribution in [2.75, 3.05) is 30.1 Å². The fraction of sp³-hybridized carbons (Fsp3) is 0.371. The predicted molar refractivity (Wildman–Crippen MR) is 177 cm³/mol. The van der Waals surface area contributed by atoms with Crippen molar-refractivity contribution in [3.05, 3.63) is 95.8 Å². The number of aliphatic hydroxyl groups excluding tert-OH is 1. The van der Waals surface area contributed by atoms with Gasteiger partial charge in [-0.15, -0.1) is 5.10 Å². The summed E-state index contributed by atoms with van der Waals surface area (Å²) in [5, 5.41) is 18.8. The Balaban J connectivity index is 1.21. The van der Waals surface area contributed by atoms with Crippen LogP contribution >= 0.6 is 0 Å². The van der Waals surface area contributed by atoms with Gasteiger partial charge in [0.15, 0.2) is 12.2 Å². The monoisotopic (exact) mass is 655 g/mol. The molecule has 4 heterocycles. The predicted octanol–water partition coefficient (Wildman–Crippen LogP) is 5.30. The first-order valence-electron chi connectivity index (χ1n) is 15.9. The first-order valence-corrected chi connectivity index (χ1v) is 18.9. The summed E-state index contributed by atoms with van der Waals surface area (Å²) in [7, 11) is -1.67. The molecule has 10 nitrogen and oxygen atoms in total. The Bertz CT molecular complexity index is 1830. The molecule has 1 spiro atoms. The normalized spacial score (nSPS) is 24.4. The quantitative estimate of drug-likeness (QED) is 0.203. The molecule has 5 atom stereocenters. The molecular weight excluding hydrogens is 617 g/mol. The zero-order valence-electron chi connectivity index (χ0n) is 26.8. The summed E-state index contributed by atoms with van der Waals surface area (Å²) in [6, 6.07) is 22.5. The van der Waals surface area contributed by atoms with E-state index in [-0.39, 0.29) is 30.9 Å². The minimum atomic E-state index is -3.38. The molecule has 0 bridgehead atoms. The van der Waals surface area contributed by atoms with Crippen LogP contribution in [0.5, 0.6) is 5.75 Å². The molecule has 1 saturated heterocycles. The van der Waals surface area contributed by atoms with Gasteiger partial charge in [-0.3, -0.25) is 19.2 Å². The molecular formula is C35H38FN5O5Si. The first kappa shape index (κ1) is 31.2. The van der Waals surface area contributed by atoms with Crippen molar-refractivity contribution in [1.82, 2.24) is 15.0 Å². The maximum absolute atomic E-state index is 16.3. The Morgan fingerprint density at radius 3 is 2.55 bits per heavy atom. The van der Waals surface area contributed by atoms with Gasteiger partial charge in [0.05, 0.1) is 35.7 Å². The number of hydrogen-bond donors (Lipinski definition) is 1. The summed E-state index contributed by atoms with van der Waals surface area (Å²) in [5.74, 6) is -0.665. The second kappa shape index (κ2) is 11.7. The Morgan fingerprint density at radius 1 is 1.06 bits per heavy atom. The molecule has 0 aliphatic carbocycles. The molecule has 1 fully saturated rings. The summed E-state index contributed by atoms with van der Waals surface area (Å²) in [6.07, 6.45) is 1.66. The first-order chi connectivity index (χ1) is 22.5. The number of rotatable bonds is 8. The third-order valence-corrected chi connectivity index (χ3v) is 12.4. The van der Waals surface area contributed by atoms with Crippen molar-refractivity contribution in [3.8, 4) is 5.75 Å². The summed E-state index contributed by atoms with van der Waals surface area (Å²) >= 11 is 0. The molecule has 2 amide bonds. The Hall–Kier alpha value is -4.39. The number of likely N-dealkylation sites (N-methyl/N-ethyl adjacent to an activating group) is 1. The number of para-hydroxylation sites is 2. The van der Waals surface area contributed by atoms with Crippen LogP contribution in [-0.2, 0) is 26.5 Å². The molecule has 3 aliphatic heterocycles. The van der Waals surface area contributed by atoms with Crippen LogP contribution in [0.1, 0.15) is 36.1 Å². The van der Waals surface area contributed by atoms with Gasteiger partial charge < -0.3 is 23.6 Å². The van der Waals surface area contributed by atoms with Gasteiger partial charge in [-0.2, -0.15) is 0 Å². The van der Waals surface area contributed by atoms with Crippen LogP contribution in [0.15, 0.2) is 79.0 Å². The van der Waals surface area contributed by atoms with Crippen LogP contribution in [0.3, 0.4) is 0 Å². The zero-order chi connectivity index (χ0) is 33.1. The van der Waals surface area contributed by atoms with Crippen LogP contribution in [-0.4, -0.2) is 66.7 Å². The topological polar surface area (TPSA) is 110 Å². The van der Waals surface area contributed by atoms with E-state index < -0.39 is 31.6 Å². The fourth-order valence-electron chi connectivity index (χ4n) is 7.83. The maximum atomic E-state index is 16.3. The number of amides is 2. The number of carbonyl (C=O) groups excluding carboxylic acids is 2. The Morgan fingerprint density at radius 2 is 1.81 bits per heavy atom. The third kappa shape index (κ3) is 5.06. The highest BCUT2D eigenvalue weighted by Crippen LogP contribution is 2.60. The van der Waals surface area contributed by atoms with Crippen molar-refractivity contribution in [3.63, 3.8) is 0 Å². The van der Waals surface area contributed by atoms with Crippen molar-refractivity contribution in [2.24, 2.45) is 5.92 Å². The SMILES string of the molecule is C[C@@H]1[C@@H]([Si](C)(C)F)[C@H](CCn2cc(C(CO)c3ccccc3)nn2)O[C@@]12C(=O)N(C)c1ccc(N3C(=O)COc4ccccc43)cc12. The molecule has 1 unspecified atom stereocenters. The van der Waals surface area contributed by atoms with Crippen LogP contribution < -0.4 is 14.5 Å². The molecule has 0 radical (unpaired) electrons. The lowest BCUT2D eigenvalue weighted by Gasteiger charge is -2.32. The van der Waals surface area contributed by atoms with Gasteiger partial charge in [0.1, 0.15) is 5.75 Å². The number of ether oxygens (including phenoxy) is 2. The number of hydrogen-bond acceptors (Lipinski definition) is 7. The second-order valence-corrected chi connectivity index (χ2v) is 17.0. The Labute approximate surface area is 273 Å². The molecule has 12 heteroatoms. The minimum Gasteiger partial charge on any atom is -0.482 e. The lowest BCUT2D eigenvalue weighted by atomic mass is 9.82. The number of aliphatic hydroxyl groups is 1. The van der Waals surface area contributed by atoms with Crippen LogP contribution in [0.4, 0.5) is 21.2 Å². The van der Waals surface area contributed by atoms with E-state index in [2.05, 4.69) is 10.3 Å². The van der Waals surface area contributed by atoms with Crippen molar-refractivity contribution < 1.29 is 28.3 Å². The van der Waals surface area contributed by atoms with Gasteiger partial charge in [0, 0.05) is 42.5 Å². The minimum absolute atomic E-state index is 0.106. The van der Waals surface area contributed by atoms with Crippen molar-refractivity contribution >= 4 is 37.3 Å². The number of aryl methyl sites for hydroxylation is 1. The number of nitrogens with zero attached hydrogens (tertiary/aromatic N) is 5. The average Bonchev–Trinajstić information content (AvgIpc) is 3.71. The number of benzene rings is 3. The van der Waals surface area contributed by atoms with E-state index in [9.17, 15) is 14.7 Å². The van der Waals surface area contributed by atoms with E-state index in [1.807, 2.05) is 85.9 Å². The fourth-order valence-corrected chi connectivity index (χ4v) is 10.4. The lowest BCUT2D eigenvalue weighted by molar-refractivity contribution is -0.145. The van der Waals surface area contributed by atoms with E-state index in [4.69, 9.17) is 9.47 Å². The van der Waals surface area contributed by atoms with E-state index >= 15 is 4.11 Å². The number of carbonyl (C=O) groups is 2. The molecule has 1 aromatic heterocycles. The molecule has 4 aromatic rings. The summed E-state index contributed by atoms with van der Waals surface area (Å²) in [6.45, 7) is 5.44. The highest BCUT2D eigenvalue weighted by molar-refractivity contribution is 6.72. The van der Waals surface area contributed by atoms with Crippen molar-refractivity contribution in [1.29, 1.82) is 0 Å². The summed E-state index contributed by atoms with van der Waals surface area (Å²) in [5.41, 5.74) is 2.19. The standard InChI is InChI=1S/C35H38FN5O5Si/c1-22-33(47(3,4)36)31(16-17-40-19-27(37-38-40)25(20-42)23-10-6-5-7-11-23)46-35(22)26-18-24(14-15-28(26)39(2)34(35)44)41-29-12-8-9-13-30(29)45-21-32(41)43/h5-15,18-19,22,25,31,33,42H,16-17,20-21H2,1-4H3/t22-,25?,31+,33-,35+/m1/s1. The number of fused-ring (bicyclic) bond motifs is 3. The Kier molecular flexibility index (Phi) is 7.77. The highest BCUT2D eigenvalue weighted by Gasteiger charge is 2.66. The molecule has 47 heavy (non-hydrogen) atoms. The van der Waals surface area contributed by atoms with E-state index in [0.29, 0.717) is 47.0 Å². The van der Waals surface area contributed by atoms with E-state index in [0.717, 1.165) is 5.56 Å². The number of halogens is 1. The smallest absolute Gasteiger partial charge is 0.269 e. The highest BCUT2D eigenvalue weighted by atomic mass is 28.4. The van der Waals surface area contributed by atoms with E-state index in [1.54, 1.807) is 34.6 Å². The van der Waals surface area contributed by atoms with Gasteiger partial charge in [0.25, 0.3) is 11.8 Å². The van der Waals surface area contributed by atoms with Crippen molar-refractivity contribution in [2.45, 2.75) is 56.1 Å². The van der Waals surface area contributed by atoms with Gasteiger partial charge >= 0.3 is 0 Å². The molecule has 1 N–H and O–H groups in total. The van der Waals surface area contributed by atoms with Gasteiger partial charge in [-0.25, -0.2) is 0 Å². The van der Waals surface area contributed by atoms with Gasteiger partial charge in [0.2, 0.25) is 8.41 Å². The molecule has 0 saturated carbocycles. The lowest BCUT2D eigenvalue weighted by Crippen LogP contribution is -2.44. The molecule has 244 valence electrons. The van der Waals surface area contributed by atoms with Gasteiger partial charge in [-0.05, 0) is 55.4 Å². The second-order valence-electron chi connectivity index (χ2n) is 13.2. The maximum Gasteiger partial charge on any atom is 0.269 e. The van der Waals surface area contributed by atoms with Crippen LogP contribution in [0.2, 0.25) is 18.6 Å². The van der Waals surface area contributed by atoms with Gasteiger partial charge in [-0.1, -0.05) is 54.6 Å². The molecule has 7 rings (SSSR count). The molecule has 3 aliphatic rings. The zero-order valence-corrected chi connectivity index (χ0v) is 27.8. The number of aromatic nitrogens is 3. The summed E-state index contributed by atoms with van der Waals surface area (Å²) < 4.78 is 30.5. The summed E-state index contributed by atoms with van der Waals surface area (Å²) in [4.78, 5) is 30.6. The van der Waals surface area contributed by atoms with Crippen LogP contribution in [0, 0.1) is 5.92 Å².